The van der Waals surface area contributed by atoms with Gasteiger partial charge < -0.3 is 29.4 Å². The maximum absolute atomic E-state index is 8.48. The van der Waals surface area contributed by atoms with E-state index < -0.39 is 24.8 Å². The van der Waals surface area contributed by atoms with Gasteiger partial charge in [-0.1, -0.05) is 13.7 Å². The first-order chi connectivity index (χ1) is 5.20. The molecule has 0 unspecified atom stereocenters. The minimum absolute atomic E-state index is 0. The van der Waals surface area contributed by atoms with Crippen molar-refractivity contribution in [3.63, 3.8) is 0 Å². The Labute approximate surface area is 149 Å². The summed E-state index contributed by atoms with van der Waals surface area (Å²) in [4.78, 5) is 50.9. The van der Waals surface area contributed by atoms with Gasteiger partial charge in [-0.15, -0.1) is 0 Å². The zero-order chi connectivity index (χ0) is 10.7. The first-order valence-corrected chi connectivity index (χ1v) is 4.93. The Morgan fingerprint density at radius 1 is 0.500 bits per heavy atom. The average molecular weight is 517 g/mol. The summed E-state index contributed by atoms with van der Waals surface area (Å²) < 4.78 is 25.4. The van der Waals surface area contributed by atoms with E-state index in [-0.39, 0.29) is 83.5 Å². The van der Waals surface area contributed by atoms with Gasteiger partial charge >= 0.3 is 83.5 Å². The van der Waals surface area contributed by atoms with Gasteiger partial charge in [0.25, 0.3) is 24.8 Å². The first kappa shape index (κ1) is 30.1. The standard InChI is InChI=1S/2Ce.3HO3P/c;;3*1-4(2)3/h;;3*(H,1,2,3)/q2*+3;;;/p-3. The van der Waals surface area contributed by atoms with Gasteiger partial charge in [0.15, 0.2) is 0 Å². The molecule has 0 saturated heterocycles. The number of hydrogen-bond donors (Lipinski definition) is 0. The van der Waals surface area contributed by atoms with Gasteiger partial charge in [0.05, 0.1) is 0 Å². The molecule has 2 radical (unpaired) electrons. The van der Waals surface area contributed by atoms with E-state index >= 15 is 0 Å². The first-order valence-electron chi connectivity index (χ1n) is 1.64. The van der Waals surface area contributed by atoms with Crippen LogP contribution in [-0.2, 0) is 13.7 Å². The summed E-state index contributed by atoms with van der Waals surface area (Å²) in [5.74, 6) is 0. The fraction of sp³-hybridized carbons (Fsp3) is 0. The van der Waals surface area contributed by atoms with E-state index in [1.54, 1.807) is 0 Å². The summed E-state index contributed by atoms with van der Waals surface area (Å²) in [7, 11) is -10.1. The molecule has 0 aromatic carbocycles. The molecule has 0 aliphatic rings. The molecule has 0 aromatic rings. The summed E-state index contributed by atoms with van der Waals surface area (Å²) in [5, 5.41) is 0. The molecule has 0 rings (SSSR count). The molecule has 0 aliphatic heterocycles. The third-order valence-corrected chi connectivity index (χ3v) is 0. The molecule has 0 N–H and O–H groups in total. The molecule has 0 fully saturated rings. The summed E-state index contributed by atoms with van der Waals surface area (Å²) in [6.07, 6.45) is 0. The normalized spacial score (nSPS) is 5.57. The molecular weight excluding hydrogens is 517 g/mol. The second kappa shape index (κ2) is 24.9. The monoisotopic (exact) mass is 517 g/mol. The fourth-order valence-electron chi connectivity index (χ4n) is 0. The van der Waals surface area contributed by atoms with Crippen LogP contribution in [0.3, 0.4) is 0 Å². The molecule has 0 heterocycles. The van der Waals surface area contributed by atoms with Crippen LogP contribution in [0.25, 0.3) is 0 Å². The Morgan fingerprint density at radius 3 is 0.500 bits per heavy atom. The fourth-order valence-corrected chi connectivity index (χ4v) is 0. The smallest absolute Gasteiger partial charge is 0.598 e. The molecule has 0 spiro atoms. The topological polar surface area (TPSA) is 190 Å². The van der Waals surface area contributed by atoms with Crippen LogP contribution < -0.4 is 29.4 Å². The Balaban J connectivity index is -0.0000000270. The van der Waals surface area contributed by atoms with Crippen LogP contribution in [0, 0.1) is 83.5 Å². The van der Waals surface area contributed by atoms with Gasteiger partial charge in [0, 0.05) is 0 Å². The van der Waals surface area contributed by atoms with Gasteiger partial charge in [0.1, 0.15) is 0 Å². The molecule has 0 aliphatic carbocycles. The second-order valence-corrected chi connectivity index (χ2v) is 2.01. The van der Waals surface area contributed by atoms with Crippen LogP contribution in [0.2, 0.25) is 0 Å². The third kappa shape index (κ3) is 357. The van der Waals surface area contributed by atoms with Crippen LogP contribution >= 0.6 is 24.8 Å². The van der Waals surface area contributed by atoms with Crippen LogP contribution in [0.1, 0.15) is 0 Å². The Morgan fingerprint density at radius 2 is 0.500 bits per heavy atom. The molecule has 14 heteroatoms. The Bertz CT molecular complexity index is 116. The number of hydrogen-bond acceptors (Lipinski definition) is 9. The van der Waals surface area contributed by atoms with Crippen LogP contribution in [-0.4, -0.2) is 0 Å². The maximum Gasteiger partial charge on any atom is 3.00 e. The van der Waals surface area contributed by atoms with Crippen molar-refractivity contribution in [3.05, 3.63) is 0 Å². The molecular formula is Ce2O9P3+3. The zero-order valence-electron chi connectivity index (χ0n) is 6.02. The van der Waals surface area contributed by atoms with Gasteiger partial charge in [-0.2, -0.15) is 0 Å². The quantitative estimate of drug-likeness (QED) is 0.284. The predicted octanol–water partition coefficient (Wildman–Crippen LogP) is -4.91. The van der Waals surface area contributed by atoms with Gasteiger partial charge in [-0.3, -0.25) is 0 Å². The minimum atomic E-state index is -3.37. The van der Waals surface area contributed by atoms with E-state index in [0.717, 1.165) is 0 Å². The van der Waals surface area contributed by atoms with Crippen molar-refractivity contribution in [1.82, 2.24) is 0 Å². The summed E-state index contributed by atoms with van der Waals surface area (Å²) in [5.41, 5.74) is 0. The van der Waals surface area contributed by atoms with Crippen molar-refractivity contribution < 1.29 is 127 Å². The predicted molar refractivity (Wildman–Crippen MR) is 22.8 cm³/mol. The van der Waals surface area contributed by atoms with Crippen LogP contribution in [0.4, 0.5) is 0 Å². The summed E-state index contributed by atoms with van der Waals surface area (Å²) in [6.45, 7) is 0. The van der Waals surface area contributed by atoms with E-state index in [2.05, 4.69) is 0 Å². The van der Waals surface area contributed by atoms with E-state index in [4.69, 9.17) is 43.1 Å². The van der Waals surface area contributed by atoms with E-state index in [9.17, 15) is 0 Å². The SMILES string of the molecule is O=[P+]([O-])[O-].O=[P+]([O-])[O-].O=[P+]([O-])[O-].[Ce+3].[Ce+3]. The van der Waals surface area contributed by atoms with Gasteiger partial charge in [-0.25, -0.2) is 0 Å². The van der Waals surface area contributed by atoms with Crippen molar-refractivity contribution in [2.75, 3.05) is 0 Å². The Kier molecular flexibility index (Phi) is 53.5. The van der Waals surface area contributed by atoms with Crippen molar-refractivity contribution in [2.24, 2.45) is 0 Å². The molecule has 0 amide bonds. The van der Waals surface area contributed by atoms with Crippen LogP contribution in [0.15, 0.2) is 0 Å². The van der Waals surface area contributed by atoms with E-state index in [1.807, 2.05) is 0 Å². The van der Waals surface area contributed by atoms with Crippen molar-refractivity contribution in [2.45, 2.75) is 0 Å². The van der Waals surface area contributed by atoms with E-state index in [1.165, 1.54) is 0 Å². The molecule has 0 atom stereocenters. The average Bonchev–Trinajstić information content (AvgIpc) is 1.54. The number of rotatable bonds is 0. The third-order valence-electron chi connectivity index (χ3n) is 0. The molecule has 74 valence electrons. The zero-order valence-corrected chi connectivity index (χ0v) is 15.0. The molecule has 0 saturated carbocycles. The summed E-state index contributed by atoms with van der Waals surface area (Å²) in [6, 6.07) is 0. The van der Waals surface area contributed by atoms with E-state index in [0.29, 0.717) is 0 Å². The van der Waals surface area contributed by atoms with Crippen molar-refractivity contribution in [3.8, 4) is 0 Å². The van der Waals surface area contributed by atoms with Crippen molar-refractivity contribution >= 4 is 24.8 Å². The second-order valence-electron chi connectivity index (χ2n) is 0.671. The van der Waals surface area contributed by atoms with Crippen molar-refractivity contribution in [1.29, 1.82) is 0 Å². The van der Waals surface area contributed by atoms with Crippen LogP contribution in [0.5, 0.6) is 0 Å². The largest absolute Gasteiger partial charge is 3.00 e. The molecule has 0 aromatic heterocycles. The maximum atomic E-state index is 8.48. The minimum Gasteiger partial charge on any atom is -0.598 e. The molecule has 14 heavy (non-hydrogen) atoms. The summed E-state index contributed by atoms with van der Waals surface area (Å²) >= 11 is 0. The molecule has 0 bridgehead atoms. The molecule has 9 nitrogen and oxygen atoms in total. The van der Waals surface area contributed by atoms with Gasteiger partial charge in [-0.05, 0) is 0 Å². The van der Waals surface area contributed by atoms with Gasteiger partial charge in [0.2, 0.25) is 0 Å². The Hall–Kier alpha value is 2.81.